The Balaban J connectivity index is 1.91. The highest BCUT2D eigenvalue weighted by atomic mass is 35.5. The number of nitrogens with one attached hydrogen (secondary N) is 1. The predicted molar refractivity (Wildman–Crippen MR) is 72.2 cm³/mol. The minimum atomic E-state index is -0.845. The van der Waals surface area contributed by atoms with E-state index in [0.717, 1.165) is 25.1 Å². The molecule has 4 nitrogen and oxygen atoms in total. The van der Waals surface area contributed by atoms with Crippen LogP contribution >= 0.6 is 11.6 Å². The number of hydrogen-bond acceptors (Lipinski definition) is 4. The third kappa shape index (κ3) is 3.01. The van der Waals surface area contributed by atoms with E-state index in [9.17, 15) is 8.78 Å². The molecule has 1 aromatic carbocycles. The molecule has 1 N–H and O–H groups in total. The molecule has 2 heterocycles. The summed E-state index contributed by atoms with van der Waals surface area (Å²) in [6.07, 6.45) is 3.04. The van der Waals surface area contributed by atoms with Crippen molar-refractivity contribution in [3.05, 3.63) is 47.1 Å². The second-order valence-corrected chi connectivity index (χ2v) is 5.30. The highest BCUT2D eigenvalue weighted by Crippen LogP contribution is 2.34. The molecule has 1 aliphatic heterocycles. The zero-order valence-electron chi connectivity index (χ0n) is 11.0. The van der Waals surface area contributed by atoms with Gasteiger partial charge >= 0.3 is 0 Å². The molecule has 1 fully saturated rings. The lowest BCUT2D eigenvalue weighted by Gasteiger charge is -2.22. The normalized spacial score (nSPS) is 19.7. The molecule has 7 heteroatoms. The van der Waals surface area contributed by atoms with E-state index >= 15 is 0 Å². The molecular weight excluding hydrogens is 302 g/mol. The Kier molecular flexibility index (Phi) is 4.07. The van der Waals surface area contributed by atoms with Gasteiger partial charge in [-0.05, 0) is 25.1 Å². The molecule has 0 saturated carbocycles. The van der Waals surface area contributed by atoms with E-state index < -0.39 is 23.5 Å². The van der Waals surface area contributed by atoms with Gasteiger partial charge in [-0.15, -0.1) is 0 Å². The van der Waals surface area contributed by atoms with Crippen LogP contribution in [0.1, 0.15) is 18.4 Å². The van der Waals surface area contributed by atoms with E-state index in [1.54, 1.807) is 0 Å². The Bertz CT molecular complexity index is 592. The van der Waals surface area contributed by atoms with Crippen molar-refractivity contribution in [3.63, 3.8) is 0 Å². The first-order valence-electron chi connectivity index (χ1n) is 6.56. The maximum absolute atomic E-state index is 13.9. The molecule has 0 aliphatic carbocycles. The van der Waals surface area contributed by atoms with Crippen molar-refractivity contribution in [3.8, 4) is 5.75 Å². The van der Waals surface area contributed by atoms with E-state index in [-0.39, 0.29) is 10.9 Å². The molecule has 0 amide bonds. The molecule has 3 rings (SSSR count). The van der Waals surface area contributed by atoms with Gasteiger partial charge in [-0.25, -0.2) is 13.8 Å². The zero-order valence-corrected chi connectivity index (χ0v) is 11.7. The highest BCUT2D eigenvalue weighted by Gasteiger charge is 2.32. The average molecular weight is 315 g/mol. The number of hydrogen-bond donors (Lipinski definition) is 1. The summed E-state index contributed by atoms with van der Waals surface area (Å²) in [6, 6.07) is 2.03. The molecular formula is C14H13ClF2N2O2. The lowest BCUT2D eigenvalue weighted by molar-refractivity contribution is 0.104. The summed E-state index contributed by atoms with van der Waals surface area (Å²) in [4.78, 5) is 4.04. The quantitative estimate of drug-likeness (QED) is 0.940. The van der Waals surface area contributed by atoms with Gasteiger partial charge in [-0.2, -0.15) is 0 Å². The van der Waals surface area contributed by atoms with Gasteiger partial charge in [-0.1, -0.05) is 11.6 Å². The lowest BCUT2D eigenvalue weighted by Crippen LogP contribution is -2.22. The lowest BCUT2D eigenvalue weighted by atomic mass is 10.0. The van der Waals surface area contributed by atoms with Crippen molar-refractivity contribution < 1.29 is 17.9 Å². The van der Waals surface area contributed by atoms with Crippen molar-refractivity contribution in [2.75, 3.05) is 13.1 Å². The molecule has 0 bridgehead atoms. The first-order chi connectivity index (χ1) is 10.1. The summed E-state index contributed by atoms with van der Waals surface area (Å²) < 4.78 is 38.6. The fraction of sp³-hybridized carbons (Fsp3) is 0.357. The third-order valence-corrected chi connectivity index (χ3v) is 3.65. The van der Waals surface area contributed by atoms with Crippen LogP contribution in [0.5, 0.6) is 5.75 Å². The smallest absolute Gasteiger partial charge is 0.235 e. The van der Waals surface area contributed by atoms with Crippen LogP contribution in [0.3, 0.4) is 0 Å². The average Bonchev–Trinajstić information content (AvgIpc) is 3.11. The van der Waals surface area contributed by atoms with Gasteiger partial charge in [0.15, 0.2) is 23.5 Å². The van der Waals surface area contributed by atoms with Crippen molar-refractivity contribution in [2.24, 2.45) is 5.92 Å². The number of rotatable bonds is 4. The van der Waals surface area contributed by atoms with Gasteiger partial charge < -0.3 is 14.5 Å². The third-order valence-electron chi connectivity index (χ3n) is 3.43. The van der Waals surface area contributed by atoms with Crippen LogP contribution < -0.4 is 10.1 Å². The molecule has 2 atom stereocenters. The van der Waals surface area contributed by atoms with Gasteiger partial charge in [0, 0.05) is 17.5 Å². The van der Waals surface area contributed by atoms with Crippen LogP contribution in [0.4, 0.5) is 8.78 Å². The zero-order chi connectivity index (χ0) is 14.8. The summed E-state index contributed by atoms with van der Waals surface area (Å²) in [5, 5.41) is 3.16. The topological polar surface area (TPSA) is 47.3 Å². The van der Waals surface area contributed by atoms with E-state index in [4.69, 9.17) is 20.8 Å². The maximum Gasteiger partial charge on any atom is 0.235 e. The molecule has 1 aliphatic rings. The largest absolute Gasteiger partial charge is 0.474 e. The van der Waals surface area contributed by atoms with E-state index in [0.29, 0.717) is 12.4 Å². The molecule has 1 saturated heterocycles. The van der Waals surface area contributed by atoms with Gasteiger partial charge in [0.2, 0.25) is 5.89 Å². The van der Waals surface area contributed by atoms with Gasteiger partial charge in [0.25, 0.3) is 0 Å². The molecule has 0 unspecified atom stereocenters. The molecule has 1 aromatic heterocycles. The fourth-order valence-electron chi connectivity index (χ4n) is 2.43. The summed E-state index contributed by atoms with van der Waals surface area (Å²) in [5.41, 5.74) is 0. The highest BCUT2D eigenvalue weighted by molar-refractivity contribution is 6.30. The van der Waals surface area contributed by atoms with Crippen LogP contribution in [-0.4, -0.2) is 18.1 Å². The summed E-state index contributed by atoms with van der Waals surface area (Å²) in [6.45, 7) is 1.49. The Morgan fingerprint density at radius 2 is 2.14 bits per heavy atom. The number of nitrogens with zero attached hydrogens (tertiary/aromatic N) is 1. The van der Waals surface area contributed by atoms with Crippen LogP contribution in [0, 0.1) is 17.6 Å². The van der Waals surface area contributed by atoms with Gasteiger partial charge in [0.1, 0.15) is 6.26 Å². The van der Waals surface area contributed by atoms with E-state index in [1.165, 1.54) is 12.5 Å². The van der Waals surface area contributed by atoms with E-state index in [2.05, 4.69) is 10.3 Å². The molecule has 112 valence electrons. The second kappa shape index (κ2) is 5.99. The Morgan fingerprint density at radius 3 is 2.71 bits per heavy atom. The minimum absolute atomic E-state index is 0.0208. The minimum Gasteiger partial charge on any atom is -0.474 e. The van der Waals surface area contributed by atoms with Crippen LogP contribution in [-0.2, 0) is 0 Å². The van der Waals surface area contributed by atoms with Gasteiger partial charge in [0.05, 0.1) is 6.20 Å². The molecule has 21 heavy (non-hydrogen) atoms. The number of benzene rings is 1. The number of aromatic nitrogens is 1. The predicted octanol–water partition coefficient (Wildman–Crippen LogP) is 3.34. The fourth-order valence-corrected chi connectivity index (χ4v) is 2.62. The first kappa shape index (κ1) is 14.3. The monoisotopic (exact) mass is 314 g/mol. The number of ether oxygens (including phenoxy) is 1. The van der Waals surface area contributed by atoms with Gasteiger partial charge in [-0.3, -0.25) is 0 Å². The molecule has 0 spiro atoms. The molecule has 2 aromatic rings. The summed E-state index contributed by atoms with van der Waals surface area (Å²) >= 11 is 5.61. The Hall–Kier alpha value is -1.66. The van der Waals surface area contributed by atoms with Crippen molar-refractivity contribution in [2.45, 2.75) is 12.5 Å². The SMILES string of the molecule is Fc1cc(Cl)cc(F)c1O[C@@H](c1ncco1)[C@H]1CCNC1. The van der Waals surface area contributed by atoms with Crippen LogP contribution in [0.25, 0.3) is 0 Å². The maximum atomic E-state index is 13.9. The number of oxazole rings is 1. The number of halogens is 3. The van der Waals surface area contributed by atoms with E-state index in [1.807, 2.05) is 0 Å². The van der Waals surface area contributed by atoms with Crippen molar-refractivity contribution in [1.29, 1.82) is 0 Å². The standard InChI is InChI=1S/C14H13ClF2N2O2/c15-9-5-10(16)13(11(17)6-9)21-12(8-1-2-18-7-8)14-19-3-4-20-14/h3-6,8,12,18H,1-2,7H2/t8-,12+/m0/s1. The Morgan fingerprint density at radius 1 is 1.38 bits per heavy atom. The van der Waals surface area contributed by atoms with Crippen LogP contribution in [0.15, 0.2) is 29.0 Å². The van der Waals surface area contributed by atoms with Crippen molar-refractivity contribution >= 4 is 11.6 Å². The Labute approximate surface area is 125 Å². The summed E-state index contributed by atoms with van der Waals surface area (Å²) in [5.74, 6) is -1.82. The molecule has 0 radical (unpaired) electrons. The first-order valence-corrected chi connectivity index (χ1v) is 6.94. The van der Waals surface area contributed by atoms with Crippen molar-refractivity contribution in [1.82, 2.24) is 10.3 Å². The van der Waals surface area contributed by atoms with Crippen LogP contribution in [0.2, 0.25) is 5.02 Å². The summed E-state index contributed by atoms with van der Waals surface area (Å²) in [7, 11) is 0. The second-order valence-electron chi connectivity index (χ2n) is 4.86.